The van der Waals surface area contributed by atoms with Crippen molar-refractivity contribution in [1.29, 1.82) is 0 Å². The molecule has 0 spiro atoms. The van der Waals surface area contributed by atoms with Crippen molar-refractivity contribution in [3.8, 4) is 11.5 Å². The van der Waals surface area contributed by atoms with E-state index >= 15 is 0 Å². The number of ether oxygens (including phenoxy) is 2. The molecule has 0 radical (unpaired) electrons. The number of aryl methyl sites for hydroxylation is 2. The van der Waals surface area contributed by atoms with Crippen LogP contribution in [0.5, 0.6) is 11.5 Å². The summed E-state index contributed by atoms with van der Waals surface area (Å²) in [6, 6.07) is 15.7. The van der Waals surface area contributed by atoms with Crippen molar-refractivity contribution in [2.45, 2.75) is 27.7 Å². The van der Waals surface area contributed by atoms with Crippen LogP contribution in [0.1, 0.15) is 29.2 Å². The van der Waals surface area contributed by atoms with Crippen LogP contribution in [0.25, 0.3) is 0 Å². The molecule has 3 rings (SSSR count). The zero-order chi connectivity index (χ0) is 27.7. The Labute approximate surface area is 226 Å². The van der Waals surface area contributed by atoms with Crippen LogP contribution in [0.3, 0.4) is 0 Å². The molecule has 3 aromatic carbocycles. The number of anilines is 2. The average Bonchev–Trinajstić information content (AvgIpc) is 2.88. The molecule has 0 atom stereocenters. The summed E-state index contributed by atoms with van der Waals surface area (Å²) < 4.78 is 11.3. The summed E-state index contributed by atoms with van der Waals surface area (Å²) in [4.78, 5) is 36.8. The minimum Gasteiger partial charge on any atom is -0.490 e. The van der Waals surface area contributed by atoms with Crippen LogP contribution in [0, 0.1) is 20.8 Å². The van der Waals surface area contributed by atoms with Crippen molar-refractivity contribution >= 4 is 46.9 Å². The zero-order valence-corrected chi connectivity index (χ0v) is 22.3. The van der Waals surface area contributed by atoms with Crippen LogP contribution in [-0.2, 0) is 14.4 Å². The van der Waals surface area contributed by atoms with Gasteiger partial charge in [-0.05, 0) is 80.3 Å². The highest BCUT2D eigenvalue weighted by Gasteiger charge is 2.15. The van der Waals surface area contributed by atoms with E-state index in [4.69, 9.17) is 21.1 Å². The first-order valence-corrected chi connectivity index (χ1v) is 12.2. The monoisotopic (exact) mass is 536 g/mol. The fraction of sp³-hybridized carbons (Fsp3) is 0.214. The Bertz CT molecular complexity index is 1350. The lowest BCUT2D eigenvalue weighted by Crippen LogP contribution is -2.32. The first-order chi connectivity index (χ1) is 18.2. The van der Waals surface area contributed by atoms with Crippen molar-refractivity contribution in [3.05, 3.63) is 81.9 Å². The number of nitrogens with zero attached hydrogens (tertiary/aromatic N) is 1. The minimum atomic E-state index is -0.908. The van der Waals surface area contributed by atoms with E-state index in [9.17, 15) is 14.4 Å². The van der Waals surface area contributed by atoms with Gasteiger partial charge in [0.15, 0.2) is 18.1 Å². The number of carbonyl (C=O) groups excluding carboxylic acids is 3. The van der Waals surface area contributed by atoms with E-state index in [0.717, 1.165) is 16.7 Å². The van der Waals surface area contributed by atoms with Gasteiger partial charge in [-0.2, -0.15) is 5.10 Å². The smallest absolute Gasteiger partial charge is 0.329 e. The molecule has 198 valence electrons. The van der Waals surface area contributed by atoms with Gasteiger partial charge in [0.05, 0.1) is 12.8 Å². The van der Waals surface area contributed by atoms with Gasteiger partial charge in [-0.3, -0.25) is 14.4 Å². The van der Waals surface area contributed by atoms with Crippen LogP contribution < -0.4 is 25.5 Å². The first kappa shape index (κ1) is 28.2. The van der Waals surface area contributed by atoms with Crippen LogP contribution in [0.15, 0.2) is 59.7 Å². The van der Waals surface area contributed by atoms with Crippen molar-refractivity contribution in [2.24, 2.45) is 5.10 Å². The van der Waals surface area contributed by atoms with Gasteiger partial charge in [-0.25, -0.2) is 5.43 Å². The highest BCUT2D eigenvalue weighted by molar-refractivity contribution is 6.39. The van der Waals surface area contributed by atoms with Crippen LogP contribution >= 0.6 is 11.6 Å². The molecular formula is C28H29ClN4O5. The molecule has 3 N–H and O–H groups in total. The molecule has 38 heavy (non-hydrogen) atoms. The highest BCUT2D eigenvalue weighted by atomic mass is 35.5. The molecule has 0 aliphatic heterocycles. The zero-order valence-electron chi connectivity index (χ0n) is 21.6. The second kappa shape index (κ2) is 13.3. The van der Waals surface area contributed by atoms with E-state index in [0.29, 0.717) is 40.1 Å². The van der Waals surface area contributed by atoms with E-state index in [-0.39, 0.29) is 12.5 Å². The fourth-order valence-electron chi connectivity index (χ4n) is 3.46. The number of nitrogens with one attached hydrogen (secondary N) is 3. The van der Waals surface area contributed by atoms with Gasteiger partial charge in [-0.1, -0.05) is 35.9 Å². The Balaban J connectivity index is 1.59. The average molecular weight is 537 g/mol. The minimum absolute atomic E-state index is 0.245. The number of para-hydroxylation sites is 1. The summed E-state index contributed by atoms with van der Waals surface area (Å²) in [6.07, 6.45) is 1.37. The van der Waals surface area contributed by atoms with E-state index in [2.05, 4.69) is 21.2 Å². The van der Waals surface area contributed by atoms with Crippen molar-refractivity contribution < 1.29 is 23.9 Å². The van der Waals surface area contributed by atoms with Crippen LogP contribution in [-0.4, -0.2) is 37.1 Å². The Morgan fingerprint density at radius 2 is 1.61 bits per heavy atom. The van der Waals surface area contributed by atoms with Gasteiger partial charge >= 0.3 is 11.8 Å². The lowest BCUT2D eigenvalue weighted by molar-refractivity contribution is -0.136. The SMILES string of the molecule is CCOc1cc(/C=N\NC(=O)C(=O)Nc2c(C)cccc2C)ccc1OCC(=O)Nc1cccc(Cl)c1C. The number of amides is 3. The van der Waals surface area contributed by atoms with Gasteiger partial charge in [-0.15, -0.1) is 0 Å². The molecule has 0 saturated carbocycles. The van der Waals surface area contributed by atoms with Crippen LogP contribution in [0.2, 0.25) is 5.02 Å². The van der Waals surface area contributed by atoms with E-state index in [1.54, 1.807) is 36.4 Å². The van der Waals surface area contributed by atoms with Gasteiger partial charge in [0.1, 0.15) is 0 Å². The van der Waals surface area contributed by atoms with Gasteiger partial charge in [0, 0.05) is 16.4 Å². The third kappa shape index (κ3) is 7.57. The third-order valence-corrected chi connectivity index (χ3v) is 5.88. The van der Waals surface area contributed by atoms with E-state index in [1.165, 1.54) is 6.21 Å². The van der Waals surface area contributed by atoms with Gasteiger partial charge < -0.3 is 20.1 Å². The van der Waals surface area contributed by atoms with Crippen molar-refractivity contribution in [1.82, 2.24) is 5.43 Å². The molecule has 3 amide bonds. The quantitative estimate of drug-likeness (QED) is 0.207. The predicted octanol–water partition coefficient (Wildman–Crippen LogP) is 4.77. The molecule has 0 unspecified atom stereocenters. The molecule has 9 nitrogen and oxygen atoms in total. The molecule has 3 aromatic rings. The number of hydrogen-bond donors (Lipinski definition) is 3. The Hall–Kier alpha value is -4.37. The van der Waals surface area contributed by atoms with Gasteiger partial charge in [0.2, 0.25) is 0 Å². The highest BCUT2D eigenvalue weighted by Crippen LogP contribution is 2.28. The molecular weight excluding hydrogens is 508 g/mol. The number of hydrazone groups is 1. The molecule has 0 bridgehead atoms. The first-order valence-electron chi connectivity index (χ1n) is 11.8. The van der Waals surface area contributed by atoms with Crippen LogP contribution in [0.4, 0.5) is 11.4 Å². The lowest BCUT2D eigenvalue weighted by atomic mass is 10.1. The largest absolute Gasteiger partial charge is 0.490 e. The normalized spacial score (nSPS) is 10.7. The molecule has 0 saturated heterocycles. The van der Waals surface area contributed by atoms with Crippen molar-refractivity contribution in [2.75, 3.05) is 23.8 Å². The van der Waals surface area contributed by atoms with E-state index < -0.39 is 11.8 Å². The maximum absolute atomic E-state index is 12.4. The number of benzene rings is 3. The lowest BCUT2D eigenvalue weighted by Gasteiger charge is -2.13. The molecule has 0 aliphatic rings. The third-order valence-electron chi connectivity index (χ3n) is 5.47. The molecule has 0 aliphatic carbocycles. The number of hydrogen-bond acceptors (Lipinski definition) is 6. The number of halogens is 1. The maximum atomic E-state index is 12.4. The number of rotatable bonds is 9. The summed E-state index contributed by atoms with van der Waals surface area (Å²) in [5.41, 5.74) is 6.43. The van der Waals surface area contributed by atoms with Crippen molar-refractivity contribution in [3.63, 3.8) is 0 Å². The Morgan fingerprint density at radius 1 is 0.895 bits per heavy atom. The second-order valence-corrected chi connectivity index (χ2v) is 8.72. The fourth-order valence-corrected chi connectivity index (χ4v) is 3.64. The molecule has 0 fully saturated rings. The second-order valence-electron chi connectivity index (χ2n) is 8.31. The standard InChI is InChI=1S/C28H29ClN4O5/c1-5-37-24-14-20(15-30-33-28(36)27(35)32-26-17(2)8-6-9-18(26)3)12-13-23(24)38-16-25(34)31-22-11-7-10-21(29)19(22)4/h6-15H,5,16H2,1-4H3,(H,31,34)(H,32,35)(H,33,36)/b30-15-. The predicted molar refractivity (Wildman–Crippen MR) is 148 cm³/mol. The maximum Gasteiger partial charge on any atom is 0.329 e. The molecule has 0 heterocycles. The molecule has 0 aromatic heterocycles. The summed E-state index contributed by atoms with van der Waals surface area (Å²) in [5.74, 6) is -1.34. The summed E-state index contributed by atoms with van der Waals surface area (Å²) in [5, 5.41) is 9.79. The number of carbonyl (C=O) groups is 3. The molecule has 10 heteroatoms. The Morgan fingerprint density at radius 3 is 2.32 bits per heavy atom. The van der Waals surface area contributed by atoms with Gasteiger partial charge in [0.25, 0.3) is 5.91 Å². The Kier molecular flexibility index (Phi) is 9.84. The summed E-state index contributed by atoms with van der Waals surface area (Å²) in [7, 11) is 0. The van der Waals surface area contributed by atoms with E-state index in [1.807, 2.05) is 45.9 Å². The summed E-state index contributed by atoms with van der Waals surface area (Å²) >= 11 is 6.10. The summed E-state index contributed by atoms with van der Waals surface area (Å²) in [6.45, 7) is 7.43. The topological polar surface area (TPSA) is 118 Å².